The Balaban J connectivity index is 1.63. The molecule has 0 aliphatic carbocycles. The quantitative estimate of drug-likeness (QED) is 0.754. The molecular formula is C16H23NO5S2. The molecule has 2 bridgehead atoms. The van der Waals surface area contributed by atoms with E-state index in [9.17, 15) is 16.8 Å². The minimum absolute atomic E-state index is 0.0849. The van der Waals surface area contributed by atoms with E-state index in [0.717, 1.165) is 12.8 Å². The fourth-order valence-electron chi connectivity index (χ4n) is 3.77. The molecule has 2 aliphatic rings. The van der Waals surface area contributed by atoms with Gasteiger partial charge in [-0.3, -0.25) is 0 Å². The molecule has 6 nitrogen and oxygen atoms in total. The minimum Gasteiger partial charge on any atom is -0.492 e. The van der Waals surface area contributed by atoms with Crippen LogP contribution in [-0.2, 0) is 19.9 Å². The summed E-state index contributed by atoms with van der Waals surface area (Å²) in [6.45, 7) is 0.0950. The van der Waals surface area contributed by atoms with Crippen LogP contribution in [0.15, 0.2) is 30.3 Å². The van der Waals surface area contributed by atoms with Gasteiger partial charge in [-0.25, -0.2) is 16.8 Å². The number of ether oxygens (including phenoxy) is 1. The Labute approximate surface area is 143 Å². The van der Waals surface area contributed by atoms with Gasteiger partial charge in [0.15, 0.2) is 0 Å². The van der Waals surface area contributed by atoms with Crippen LogP contribution in [0.3, 0.4) is 0 Å². The van der Waals surface area contributed by atoms with E-state index in [4.69, 9.17) is 4.74 Å². The molecule has 1 aromatic rings. The number of benzene rings is 1. The van der Waals surface area contributed by atoms with Gasteiger partial charge in [-0.1, -0.05) is 18.2 Å². The normalized spacial score (nSPS) is 28.0. The number of hydrogen-bond acceptors (Lipinski definition) is 5. The van der Waals surface area contributed by atoms with E-state index in [1.165, 1.54) is 6.26 Å². The fourth-order valence-corrected chi connectivity index (χ4v) is 6.71. The lowest BCUT2D eigenvalue weighted by Gasteiger charge is -2.37. The summed E-state index contributed by atoms with van der Waals surface area (Å²) in [6, 6.07) is 8.73. The molecule has 2 atom stereocenters. The zero-order chi connectivity index (χ0) is 17.4. The highest BCUT2D eigenvalue weighted by molar-refractivity contribution is 7.91. The van der Waals surface area contributed by atoms with Crippen LogP contribution in [0.1, 0.15) is 25.7 Å². The molecule has 0 radical (unpaired) electrons. The Hall–Kier alpha value is -1.12. The van der Waals surface area contributed by atoms with Crippen LogP contribution in [0.2, 0.25) is 0 Å². The lowest BCUT2D eigenvalue weighted by Crippen LogP contribution is -2.50. The second-order valence-corrected chi connectivity index (χ2v) is 10.9. The van der Waals surface area contributed by atoms with Crippen LogP contribution < -0.4 is 4.74 Å². The third kappa shape index (κ3) is 3.75. The largest absolute Gasteiger partial charge is 0.492 e. The zero-order valence-electron chi connectivity index (χ0n) is 13.7. The summed E-state index contributed by atoms with van der Waals surface area (Å²) in [5.41, 5.74) is 0. The Morgan fingerprint density at radius 2 is 1.62 bits per heavy atom. The van der Waals surface area contributed by atoms with Gasteiger partial charge in [-0.2, -0.15) is 4.31 Å². The Kier molecular flexibility index (Phi) is 4.90. The van der Waals surface area contributed by atoms with E-state index in [1.54, 1.807) is 16.4 Å². The number of piperidine rings is 1. The van der Waals surface area contributed by atoms with Gasteiger partial charge in [0.05, 0.1) is 11.0 Å². The predicted molar refractivity (Wildman–Crippen MR) is 92.2 cm³/mol. The van der Waals surface area contributed by atoms with Gasteiger partial charge in [-0.15, -0.1) is 0 Å². The first-order valence-corrected chi connectivity index (χ1v) is 11.7. The topological polar surface area (TPSA) is 80.8 Å². The molecule has 24 heavy (non-hydrogen) atoms. The maximum atomic E-state index is 12.7. The predicted octanol–water partition coefficient (Wildman–Crippen LogP) is 1.44. The molecule has 2 aliphatic heterocycles. The van der Waals surface area contributed by atoms with Gasteiger partial charge in [0.25, 0.3) is 0 Å². The molecule has 0 amide bonds. The molecule has 0 aromatic heterocycles. The highest BCUT2D eigenvalue weighted by Crippen LogP contribution is 2.40. The number of sulfonamides is 1. The smallest absolute Gasteiger partial charge is 0.217 e. The zero-order valence-corrected chi connectivity index (χ0v) is 15.3. The van der Waals surface area contributed by atoms with E-state index >= 15 is 0 Å². The Bertz CT molecular complexity index is 762. The van der Waals surface area contributed by atoms with Crippen molar-refractivity contribution in [2.45, 2.75) is 43.0 Å². The third-order valence-electron chi connectivity index (χ3n) is 4.90. The molecule has 0 spiro atoms. The number of nitrogens with zero attached hydrogens (tertiary/aromatic N) is 1. The fraction of sp³-hybridized carbons (Fsp3) is 0.625. The first-order valence-electron chi connectivity index (χ1n) is 8.15. The van der Waals surface area contributed by atoms with Crippen molar-refractivity contribution in [3.8, 4) is 5.75 Å². The van der Waals surface area contributed by atoms with Crippen molar-refractivity contribution >= 4 is 19.9 Å². The van der Waals surface area contributed by atoms with Crippen molar-refractivity contribution in [1.29, 1.82) is 0 Å². The van der Waals surface area contributed by atoms with Crippen molar-refractivity contribution in [1.82, 2.24) is 4.31 Å². The highest BCUT2D eigenvalue weighted by Gasteiger charge is 2.48. The molecule has 8 heteroatoms. The lowest BCUT2D eigenvalue weighted by molar-refractivity contribution is 0.246. The van der Waals surface area contributed by atoms with Crippen molar-refractivity contribution < 1.29 is 21.6 Å². The molecule has 1 aromatic carbocycles. The molecule has 2 fully saturated rings. The molecule has 2 heterocycles. The Morgan fingerprint density at radius 1 is 1.04 bits per heavy atom. The molecule has 0 N–H and O–H groups in total. The first kappa shape index (κ1) is 17.7. The minimum atomic E-state index is -3.44. The number of para-hydroxylation sites is 1. The second kappa shape index (κ2) is 6.65. The van der Waals surface area contributed by atoms with E-state index in [1.807, 2.05) is 18.2 Å². The van der Waals surface area contributed by atoms with Crippen LogP contribution in [0, 0.1) is 0 Å². The summed E-state index contributed by atoms with van der Waals surface area (Å²) in [7, 11) is -6.56. The summed E-state index contributed by atoms with van der Waals surface area (Å²) in [5.74, 6) is 0.560. The van der Waals surface area contributed by atoms with Crippen LogP contribution in [0.5, 0.6) is 5.75 Å². The maximum absolute atomic E-state index is 12.7. The lowest BCUT2D eigenvalue weighted by atomic mass is 10.1. The van der Waals surface area contributed by atoms with Gasteiger partial charge in [0.1, 0.15) is 22.2 Å². The number of sulfone groups is 1. The van der Waals surface area contributed by atoms with Crippen molar-refractivity contribution in [3.05, 3.63) is 30.3 Å². The van der Waals surface area contributed by atoms with Crippen molar-refractivity contribution in [2.75, 3.05) is 18.6 Å². The van der Waals surface area contributed by atoms with E-state index < -0.39 is 25.1 Å². The number of fused-ring (bicyclic) bond motifs is 2. The number of rotatable bonds is 6. The van der Waals surface area contributed by atoms with Gasteiger partial charge < -0.3 is 4.74 Å². The molecule has 2 saturated heterocycles. The van der Waals surface area contributed by atoms with Gasteiger partial charge >= 0.3 is 0 Å². The monoisotopic (exact) mass is 373 g/mol. The summed E-state index contributed by atoms with van der Waals surface area (Å²) < 4.78 is 56.0. The summed E-state index contributed by atoms with van der Waals surface area (Å²) in [5, 5.41) is -0.415. The van der Waals surface area contributed by atoms with Crippen molar-refractivity contribution in [3.63, 3.8) is 0 Å². The maximum Gasteiger partial charge on any atom is 0.217 e. The molecular weight excluding hydrogens is 350 g/mol. The SMILES string of the molecule is CS(=O)(=O)C1CC2CCC(C1)N2S(=O)(=O)CCOc1ccccc1. The molecule has 2 unspecified atom stereocenters. The molecule has 134 valence electrons. The van der Waals surface area contributed by atoms with Gasteiger partial charge in [0.2, 0.25) is 10.0 Å². The number of hydrogen-bond donors (Lipinski definition) is 0. The van der Waals surface area contributed by atoms with E-state index in [2.05, 4.69) is 0 Å². The van der Waals surface area contributed by atoms with Crippen LogP contribution in [0.4, 0.5) is 0 Å². The summed E-state index contributed by atoms with van der Waals surface area (Å²) >= 11 is 0. The molecule has 3 rings (SSSR count). The van der Waals surface area contributed by atoms with Gasteiger partial charge in [-0.05, 0) is 37.8 Å². The standard InChI is InChI=1S/C16H23NO5S2/c1-23(18,19)16-11-13-7-8-14(12-16)17(13)24(20,21)10-9-22-15-5-3-2-4-6-15/h2-6,13-14,16H,7-12H2,1H3. The van der Waals surface area contributed by atoms with E-state index in [0.29, 0.717) is 18.6 Å². The molecule has 0 saturated carbocycles. The first-order chi connectivity index (χ1) is 11.3. The van der Waals surface area contributed by atoms with E-state index in [-0.39, 0.29) is 24.4 Å². The average Bonchev–Trinajstić information content (AvgIpc) is 2.79. The highest BCUT2D eigenvalue weighted by atomic mass is 32.2. The van der Waals surface area contributed by atoms with Gasteiger partial charge in [0, 0.05) is 18.3 Å². The average molecular weight is 373 g/mol. The van der Waals surface area contributed by atoms with Crippen LogP contribution >= 0.6 is 0 Å². The Morgan fingerprint density at radius 3 is 2.17 bits per heavy atom. The van der Waals surface area contributed by atoms with Crippen molar-refractivity contribution in [2.24, 2.45) is 0 Å². The van der Waals surface area contributed by atoms with Crippen LogP contribution in [0.25, 0.3) is 0 Å². The third-order valence-corrected chi connectivity index (χ3v) is 8.42. The summed E-state index contributed by atoms with van der Waals surface area (Å²) in [6.07, 6.45) is 3.56. The second-order valence-electron chi connectivity index (χ2n) is 6.62. The summed E-state index contributed by atoms with van der Waals surface area (Å²) in [4.78, 5) is 0. The van der Waals surface area contributed by atoms with Crippen LogP contribution in [-0.4, -0.2) is 57.1 Å².